The molecule has 1 aromatic rings. The van der Waals surface area contributed by atoms with Gasteiger partial charge in [0.1, 0.15) is 12.4 Å². The molecule has 0 N–H and O–H groups in total. The lowest BCUT2D eigenvalue weighted by Gasteiger charge is -2.27. The summed E-state index contributed by atoms with van der Waals surface area (Å²) in [7, 11) is -3.26. The molecule has 6 heteroatoms. The van der Waals surface area contributed by atoms with Crippen LogP contribution in [0.3, 0.4) is 0 Å². The van der Waals surface area contributed by atoms with Crippen LogP contribution in [0.2, 0.25) is 0 Å². The molecule has 134 valence electrons. The second-order valence-electron chi connectivity index (χ2n) is 7.05. The van der Waals surface area contributed by atoms with E-state index in [1.165, 1.54) is 24.8 Å². The summed E-state index contributed by atoms with van der Waals surface area (Å²) >= 11 is 0. The summed E-state index contributed by atoms with van der Waals surface area (Å²) in [4.78, 5) is 2.48. The van der Waals surface area contributed by atoms with Gasteiger partial charge in [0.05, 0.1) is 5.25 Å². The smallest absolute Gasteiger partial charge is 0.216 e. The molecule has 1 saturated heterocycles. The molecule has 0 aliphatic carbocycles. The van der Waals surface area contributed by atoms with Crippen molar-refractivity contribution in [1.29, 1.82) is 0 Å². The highest BCUT2D eigenvalue weighted by Crippen LogP contribution is 2.27. The van der Waals surface area contributed by atoms with Gasteiger partial charge in [-0.25, -0.2) is 8.42 Å². The van der Waals surface area contributed by atoms with Crippen LogP contribution >= 0.6 is 0 Å². The van der Waals surface area contributed by atoms with Crippen molar-refractivity contribution in [2.24, 2.45) is 0 Å². The number of hydrogen-bond donors (Lipinski definition) is 0. The van der Waals surface area contributed by atoms with E-state index in [0.717, 1.165) is 30.9 Å². The van der Waals surface area contributed by atoms with Gasteiger partial charge in [0.15, 0.2) is 0 Å². The molecule has 24 heavy (non-hydrogen) atoms. The number of nitrogens with zero attached hydrogens (tertiary/aromatic N) is 2. The highest BCUT2D eigenvalue weighted by Gasteiger charge is 2.28. The molecule has 1 aromatic carbocycles. The molecular weight excluding hydrogens is 324 g/mol. The van der Waals surface area contributed by atoms with E-state index in [4.69, 9.17) is 4.74 Å². The number of piperidine rings is 1. The molecule has 2 aliphatic heterocycles. The fourth-order valence-corrected chi connectivity index (χ4v) is 4.66. The summed E-state index contributed by atoms with van der Waals surface area (Å²) in [6.07, 6.45) is 3.87. The van der Waals surface area contributed by atoms with Gasteiger partial charge in [0.25, 0.3) is 0 Å². The molecule has 0 saturated carbocycles. The standard InChI is InChI=1S/C18H28N2O3S/c1-15(2)24(21,22)20-10-11-23-18-7-6-16(12-17(18)14-20)13-19-8-4-3-5-9-19/h6-7,12,15H,3-5,8-11,13-14H2,1-2H3. The SMILES string of the molecule is CC(C)S(=O)(=O)N1CCOc2ccc(CN3CCCCC3)cc2C1. The minimum absolute atomic E-state index is 0.406. The van der Waals surface area contributed by atoms with Gasteiger partial charge in [0, 0.05) is 25.2 Å². The van der Waals surface area contributed by atoms with Crippen molar-refractivity contribution in [2.45, 2.75) is 51.4 Å². The second kappa shape index (κ2) is 7.42. The van der Waals surface area contributed by atoms with Crippen LogP contribution in [0.1, 0.15) is 44.2 Å². The number of rotatable bonds is 4. The third-order valence-corrected chi connectivity index (χ3v) is 7.10. The minimum Gasteiger partial charge on any atom is -0.492 e. The Morgan fingerprint density at radius 2 is 1.88 bits per heavy atom. The highest BCUT2D eigenvalue weighted by molar-refractivity contribution is 7.89. The molecule has 0 aromatic heterocycles. The van der Waals surface area contributed by atoms with E-state index in [9.17, 15) is 8.42 Å². The first-order valence-electron chi connectivity index (χ1n) is 8.93. The third-order valence-electron chi connectivity index (χ3n) is 4.88. The van der Waals surface area contributed by atoms with Crippen LogP contribution in [-0.4, -0.2) is 49.1 Å². The predicted octanol–water partition coefficient (Wildman–Crippen LogP) is 2.61. The van der Waals surface area contributed by atoms with E-state index >= 15 is 0 Å². The zero-order valence-corrected chi connectivity index (χ0v) is 15.5. The molecule has 3 rings (SSSR count). The van der Waals surface area contributed by atoms with E-state index in [2.05, 4.69) is 17.0 Å². The van der Waals surface area contributed by atoms with E-state index < -0.39 is 15.3 Å². The van der Waals surface area contributed by atoms with Gasteiger partial charge in [-0.15, -0.1) is 0 Å². The zero-order valence-electron chi connectivity index (χ0n) is 14.7. The average molecular weight is 353 g/mol. The Labute approximate surface area is 145 Å². The van der Waals surface area contributed by atoms with E-state index in [0.29, 0.717) is 19.7 Å². The molecule has 0 amide bonds. The Morgan fingerprint density at radius 3 is 2.58 bits per heavy atom. The predicted molar refractivity (Wildman–Crippen MR) is 95.5 cm³/mol. The van der Waals surface area contributed by atoms with Crippen molar-refractivity contribution in [3.8, 4) is 5.75 Å². The number of fused-ring (bicyclic) bond motifs is 1. The zero-order chi connectivity index (χ0) is 17.2. The van der Waals surface area contributed by atoms with Crippen LogP contribution in [0.25, 0.3) is 0 Å². The number of hydrogen-bond acceptors (Lipinski definition) is 4. The molecule has 2 aliphatic rings. The Bertz CT molecular complexity index is 667. The molecule has 2 heterocycles. The van der Waals surface area contributed by atoms with Gasteiger partial charge in [-0.2, -0.15) is 4.31 Å². The van der Waals surface area contributed by atoms with Crippen LogP contribution in [0.4, 0.5) is 0 Å². The molecule has 0 atom stereocenters. The second-order valence-corrected chi connectivity index (χ2v) is 9.54. The normalized spacial score (nSPS) is 20.5. The maximum Gasteiger partial charge on any atom is 0.216 e. The molecule has 0 unspecified atom stereocenters. The van der Waals surface area contributed by atoms with Crippen molar-refractivity contribution in [2.75, 3.05) is 26.2 Å². The summed E-state index contributed by atoms with van der Waals surface area (Å²) in [5.74, 6) is 0.818. The first kappa shape index (κ1) is 17.7. The number of benzene rings is 1. The van der Waals surface area contributed by atoms with Crippen LogP contribution in [-0.2, 0) is 23.1 Å². The lowest BCUT2D eigenvalue weighted by Crippen LogP contribution is -2.37. The van der Waals surface area contributed by atoms with Crippen molar-refractivity contribution in [3.05, 3.63) is 29.3 Å². The molecular formula is C18H28N2O3S. The first-order chi connectivity index (χ1) is 11.5. The summed E-state index contributed by atoms with van der Waals surface area (Å²) < 4.78 is 32.4. The van der Waals surface area contributed by atoms with Crippen molar-refractivity contribution < 1.29 is 13.2 Å². The van der Waals surface area contributed by atoms with E-state index in [1.807, 2.05) is 6.07 Å². The van der Waals surface area contributed by atoms with Crippen molar-refractivity contribution in [3.63, 3.8) is 0 Å². The Morgan fingerprint density at radius 1 is 1.12 bits per heavy atom. The molecule has 0 spiro atoms. The van der Waals surface area contributed by atoms with Gasteiger partial charge in [0.2, 0.25) is 10.0 Å². The number of sulfonamides is 1. The Balaban J connectivity index is 1.78. The van der Waals surface area contributed by atoms with Crippen LogP contribution in [0.5, 0.6) is 5.75 Å². The largest absolute Gasteiger partial charge is 0.492 e. The highest BCUT2D eigenvalue weighted by atomic mass is 32.2. The number of likely N-dealkylation sites (tertiary alicyclic amines) is 1. The molecule has 0 bridgehead atoms. The summed E-state index contributed by atoms with van der Waals surface area (Å²) in [5.41, 5.74) is 2.22. The maximum atomic E-state index is 12.5. The average Bonchev–Trinajstić information content (AvgIpc) is 2.78. The Kier molecular flexibility index (Phi) is 5.47. The monoisotopic (exact) mass is 352 g/mol. The van der Waals surface area contributed by atoms with E-state index in [1.54, 1.807) is 18.2 Å². The van der Waals surface area contributed by atoms with Crippen molar-refractivity contribution in [1.82, 2.24) is 9.21 Å². The van der Waals surface area contributed by atoms with Crippen LogP contribution in [0, 0.1) is 0 Å². The number of ether oxygens (including phenoxy) is 1. The summed E-state index contributed by atoms with van der Waals surface area (Å²) in [6, 6.07) is 6.23. The topological polar surface area (TPSA) is 49.9 Å². The van der Waals surface area contributed by atoms with Gasteiger partial charge in [-0.05, 0) is 57.5 Å². The fourth-order valence-electron chi connectivity index (χ4n) is 3.41. The van der Waals surface area contributed by atoms with Gasteiger partial charge in [-0.3, -0.25) is 4.90 Å². The quantitative estimate of drug-likeness (QED) is 0.836. The minimum atomic E-state index is -3.26. The van der Waals surface area contributed by atoms with E-state index in [-0.39, 0.29) is 0 Å². The lowest BCUT2D eigenvalue weighted by atomic mass is 10.1. The Hall–Kier alpha value is -1.11. The summed E-state index contributed by atoms with van der Waals surface area (Å²) in [6.45, 7) is 7.93. The molecule has 1 fully saturated rings. The van der Waals surface area contributed by atoms with Crippen LogP contribution < -0.4 is 4.74 Å². The van der Waals surface area contributed by atoms with Crippen LogP contribution in [0.15, 0.2) is 18.2 Å². The third kappa shape index (κ3) is 3.92. The van der Waals surface area contributed by atoms with Crippen molar-refractivity contribution >= 4 is 10.0 Å². The maximum absolute atomic E-state index is 12.5. The summed E-state index contributed by atoms with van der Waals surface area (Å²) in [5, 5.41) is -0.407. The van der Waals surface area contributed by atoms with Gasteiger partial charge >= 0.3 is 0 Å². The molecule has 0 radical (unpaired) electrons. The lowest BCUT2D eigenvalue weighted by molar-refractivity contribution is 0.221. The van der Waals surface area contributed by atoms with Gasteiger partial charge < -0.3 is 4.74 Å². The van der Waals surface area contributed by atoms with Gasteiger partial charge in [-0.1, -0.05) is 12.5 Å². The fraction of sp³-hybridized carbons (Fsp3) is 0.667. The first-order valence-corrected chi connectivity index (χ1v) is 10.4. The molecule has 5 nitrogen and oxygen atoms in total.